The molecule has 0 saturated carbocycles. The molecule has 0 aliphatic carbocycles. The van der Waals surface area contributed by atoms with E-state index in [4.69, 9.17) is 10.4 Å². The zero-order valence-corrected chi connectivity index (χ0v) is 34.4. The minimum Gasteiger partial charge on any atom is -0.676 e. The maximum Gasteiger partial charge on any atom is 0.0486 e. The number of aromatic nitrogens is 2. The van der Waals surface area contributed by atoms with Crippen LogP contribution in [0, 0.1) is 27.7 Å². The predicted molar refractivity (Wildman–Crippen MR) is 211 cm³/mol. The summed E-state index contributed by atoms with van der Waals surface area (Å²) in [5.74, 6) is 0.862. The molecule has 4 heteroatoms. The van der Waals surface area contributed by atoms with Crippen LogP contribution in [-0.2, 0) is 39.3 Å². The van der Waals surface area contributed by atoms with E-state index in [1.807, 2.05) is 103 Å². The Balaban J connectivity index is 0.000000315. The van der Waals surface area contributed by atoms with Gasteiger partial charge in [-0.2, -0.15) is 79.0 Å². The van der Waals surface area contributed by atoms with Crippen molar-refractivity contribution in [3.8, 4) is 0 Å². The van der Waals surface area contributed by atoms with Gasteiger partial charge in [0.05, 0.1) is 0 Å². The van der Waals surface area contributed by atoms with Crippen molar-refractivity contribution in [3.63, 3.8) is 0 Å². The third-order valence-corrected chi connectivity index (χ3v) is 7.90. The molecule has 50 heavy (non-hydrogen) atoms. The maximum absolute atomic E-state index is 5.35. The van der Waals surface area contributed by atoms with Crippen LogP contribution in [0.15, 0.2) is 146 Å². The fourth-order valence-corrected chi connectivity index (χ4v) is 5.06. The molecule has 0 fully saturated rings. The van der Waals surface area contributed by atoms with Gasteiger partial charge in [0, 0.05) is 44.3 Å². The van der Waals surface area contributed by atoms with Crippen LogP contribution in [0.1, 0.15) is 90.3 Å². The van der Waals surface area contributed by atoms with Gasteiger partial charge in [0.2, 0.25) is 0 Å². The van der Waals surface area contributed by atoms with Crippen molar-refractivity contribution in [2.75, 3.05) is 0 Å². The van der Waals surface area contributed by atoms with Gasteiger partial charge in [0.15, 0.2) is 0 Å². The molecule has 1 atom stereocenters. The molecule has 1 heterocycles. The fraction of sp³-hybridized carbons (Fsp3) is 0.217. The van der Waals surface area contributed by atoms with Crippen LogP contribution in [0.2, 0.25) is 0 Å². The summed E-state index contributed by atoms with van der Waals surface area (Å²) in [7, 11) is 2.00. The van der Waals surface area contributed by atoms with Crippen LogP contribution in [0.25, 0.3) is 5.32 Å². The molecule has 1 unspecified atom stereocenters. The van der Waals surface area contributed by atoms with E-state index in [2.05, 4.69) is 110 Å². The van der Waals surface area contributed by atoms with Crippen LogP contribution in [0.5, 0.6) is 0 Å². The van der Waals surface area contributed by atoms with E-state index in [1.54, 1.807) is 0 Å². The van der Waals surface area contributed by atoms with Crippen molar-refractivity contribution in [3.05, 3.63) is 216 Å². The van der Waals surface area contributed by atoms with Crippen LogP contribution in [0.4, 0.5) is 5.69 Å². The van der Waals surface area contributed by atoms with Crippen LogP contribution >= 0.6 is 0 Å². The van der Waals surface area contributed by atoms with Crippen molar-refractivity contribution >= 4 is 5.69 Å². The molecule has 1 aromatic heterocycles. The summed E-state index contributed by atoms with van der Waals surface area (Å²) in [6.07, 6.45) is 0.848. The summed E-state index contributed by atoms with van der Waals surface area (Å²) in [6, 6.07) is 49.0. The first-order chi connectivity index (χ1) is 23.5. The zero-order valence-electron chi connectivity index (χ0n) is 30.8. The van der Waals surface area contributed by atoms with Crippen molar-refractivity contribution in [2.45, 2.75) is 58.9 Å². The molecule has 6 rings (SSSR count). The number of benzene rings is 5. The average molecular weight is 826 g/mol. The minimum atomic E-state index is -0.000278. The Morgan fingerprint density at radius 3 is 1.26 bits per heavy atom. The van der Waals surface area contributed by atoms with Gasteiger partial charge in [-0.1, -0.05) is 112 Å². The van der Waals surface area contributed by atoms with Crippen molar-refractivity contribution < 1.29 is 25.8 Å². The molecule has 0 spiro atoms. The second-order valence-corrected chi connectivity index (χ2v) is 12.7. The third kappa shape index (κ3) is 14.6. The first-order valence-electron chi connectivity index (χ1n) is 17.0. The van der Waals surface area contributed by atoms with Gasteiger partial charge in [-0.25, -0.2) is 0 Å². The number of hydrogen-bond donors (Lipinski definition) is 0. The molecule has 0 saturated heterocycles. The van der Waals surface area contributed by atoms with E-state index in [0.29, 0.717) is 11.8 Å². The number of hydrogen-bond acceptors (Lipinski definition) is 1. The average Bonchev–Trinajstić information content (AvgIpc) is 3.44. The normalized spacial score (nSPS) is 10.6. The topological polar surface area (TPSA) is 31.9 Å². The summed E-state index contributed by atoms with van der Waals surface area (Å²) in [4.78, 5) is 0. The van der Waals surface area contributed by atoms with Crippen molar-refractivity contribution in [1.29, 1.82) is 0 Å². The maximum atomic E-state index is 5.35. The second kappa shape index (κ2) is 22.3. The van der Waals surface area contributed by atoms with Crippen LogP contribution < -0.4 is 0 Å². The van der Waals surface area contributed by atoms with Gasteiger partial charge < -0.3 is 5.32 Å². The molecule has 0 radical (unpaired) electrons. The molecule has 0 amide bonds. The molecule has 0 aliphatic rings. The SMILES string of the molecule is Cc1cc(C(Cc2ccccc2)[N-]c2c(C(C)C)cccc2C(C)C)nn1C.[CH2-]c1ccccc1.[CH2-]c1ccccc1.[CH2-]c1ccccc1.[Hf]. The molecule has 0 aliphatic heterocycles. The molecule has 260 valence electrons. The summed E-state index contributed by atoms with van der Waals surface area (Å²) in [6.45, 7) is 22.2. The zero-order chi connectivity index (χ0) is 35.6. The summed E-state index contributed by atoms with van der Waals surface area (Å²) in [5.41, 5.74) is 10.5. The minimum absolute atomic E-state index is 0. The molecular weight excluding hydrogens is 773 g/mol. The second-order valence-electron chi connectivity index (χ2n) is 12.7. The predicted octanol–water partition coefficient (Wildman–Crippen LogP) is 12.6. The van der Waals surface area contributed by atoms with E-state index >= 15 is 0 Å². The number of rotatable bonds is 7. The first kappa shape index (κ1) is 41.8. The molecule has 5 aromatic carbocycles. The molecule has 0 N–H and O–H groups in total. The van der Waals surface area contributed by atoms with Gasteiger partial charge >= 0.3 is 0 Å². The summed E-state index contributed by atoms with van der Waals surface area (Å²) in [5, 5.41) is 10.1. The van der Waals surface area contributed by atoms with Crippen molar-refractivity contribution in [2.24, 2.45) is 7.05 Å². The van der Waals surface area contributed by atoms with E-state index in [-0.39, 0.29) is 31.9 Å². The Kier molecular flexibility index (Phi) is 18.7. The van der Waals surface area contributed by atoms with E-state index in [1.165, 1.54) is 16.7 Å². The molecule has 6 aromatic rings. The van der Waals surface area contributed by atoms with Gasteiger partial charge in [-0.15, -0.1) is 42.1 Å². The van der Waals surface area contributed by atoms with Crippen LogP contribution in [-0.4, -0.2) is 9.78 Å². The Morgan fingerprint density at radius 2 is 0.960 bits per heavy atom. The van der Waals surface area contributed by atoms with Gasteiger partial charge in [0.1, 0.15) is 0 Å². The quantitative estimate of drug-likeness (QED) is 0.117. The van der Waals surface area contributed by atoms with E-state index < -0.39 is 0 Å². The van der Waals surface area contributed by atoms with Gasteiger partial charge in [-0.05, 0) is 36.8 Å². The Labute approximate surface area is 322 Å². The summed E-state index contributed by atoms with van der Waals surface area (Å²) < 4.78 is 1.94. The van der Waals surface area contributed by atoms with Gasteiger partial charge in [0.25, 0.3) is 0 Å². The van der Waals surface area contributed by atoms with E-state index in [9.17, 15) is 0 Å². The Bertz CT molecular complexity index is 1610. The standard InChI is InChI=1S/C25H32N3.3C7H7.Hf/c1-17(2)21-13-10-14-22(18(3)4)25(21)26-23(16-20-11-8-7-9-12-20)24-15-19(5)28(6)27-24;3*1-7-5-3-2-4-6-7;/h7-15,17-18,23H,16H2,1-6H3;3*2-6H,1H2;/q4*-1;. The first-order valence-corrected chi connectivity index (χ1v) is 17.0. The smallest absolute Gasteiger partial charge is 0.0486 e. The largest absolute Gasteiger partial charge is 0.676 e. The number of para-hydroxylation sites is 1. The third-order valence-electron chi connectivity index (χ3n) is 7.90. The number of aryl methyl sites for hydroxylation is 2. The molecular formula is C46H53HfN3-4. The van der Waals surface area contributed by atoms with Crippen LogP contribution in [0.3, 0.4) is 0 Å². The molecule has 3 nitrogen and oxygen atoms in total. The molecule has 0 bridgehead atoms. The van der Waals surface area contributed by atoms with Crippen molar-refractivity contribution in [1.82, 2.24) is 9.78 Å². The monoisotopic (exact) mass is 827 g/mol. The number of nitrogens with zero attached hydrogens (tertiary/aromatic N) is 3. The Morgan fingerprint density at radius 1 is 0.580 bits per heavy atom. The van der Waals surface area contributed by atoms with E-state index in [0.717, 1.165) is 40.2 Å². The van der Waals surface area contributed by atoms with Gasteiger partial charge in [-0.3, -0.25) is 4.68 Å². The Hall–Kier alpha value is -4.41. The summed E-state index contributed by atoms with van der Waals surface area (Å²) >= 11 is 0. The fourth-order valence-electron chi connectivity index (χ4n) is 5.06.